The fourth-order valence-electron chi connectivity index (χ4n) is 0. The van der Waals surface area contributed by atoms with E-state index in [1.165, 1.54) is 0 Å². The molecule has 0 atom stereocenters. The van der Waals surface area contributed by atoms with Gasteiger partial charge >= 0.3 is 0 Å². The molecule has 0 heterocycles. The normalized spacial score (nSPS) is 0. The molecule has 0 unspecified atom stereocenters. The van der Waals surface area contributed by atoms with Gasteiger partial charge in [-0.15, -0.1) is 0 Å². The third-order valence-corrected chi connectivity index (χ3v) is 0. The van der Waals surface area contributed by atoms with Gasteiger partial charge in [-0.1, -0.05) is 0 Å². The molecule has 0 nitrogen and oxygen atoms in total. The van der Waals surface area contributed by atoms with E-state index in [-0.39, 0.29) is 91.6 Å². The maximum Gasteiger partial charge on any atom is 0 e. The Morgan fingerprint density at radius 1 is 0.500 bits per heavy atom. The van der Waals surface area contributed by atoms with Gasteiger partial charge in [0.05, 0.1) is 0 Å². The minimum atomic E-state index is 0. The van der Waals surface area contributed by atoms with E-state index in [0.29, 0.717) is 0 Å². The zero-order valence-electron chi connectivity index (χ0n) is 1.31. The van der Waals surface area contributed by atoms with Crippen LogP contribution < -0.4 is 0 Å². The second-order valence-corrected chi connectivity index (χ2v) is 0. The summed E-state index contributed by atoms with van der Waals surface area (Å²) in [6.07, 6.45) is 0. The van der Waals surface area contributed by atoms with Crippen molar-refractivity contribution in [2.75, 3.05) is 0 Å². The monoisotopic (exact) mass is 341 g/mol. The summed E-state index contributed by atoms with van der Waals surface area (Å²) in [5, 5.41) is 0. The van der Waals surface area contributed by atoms with Gasteiger partial charge in [0.2, 0.25) is 0 Å². The summed E-state index contributed by atoms with van der Waals surface area (Å²) in [6, 6.07) is 0. The van der Waals surface area contributed by atoms with Gasteiger partial charge in [-0.2, -0.15) is 0 Å². The Balaban J connectivity index is 0. The van der Waals surface area contributed by atoms with Crippen LogP contribution in [-0.2, 0) is 51.2 Å². The molecule has 0 spiro atoms. The second kappa shape index (κ2) is 16.9. The van der Waals surface area contributed by atoms with Crippen LogP contribution in [0.3, 0.4) is 0 Å². The summed E-state index contributed by atoms with van der Waals surface area (Å²) in [5.74, 6) is 0. The zero-order chi connectivity index (χ0) is 0. The summed E-state index contributed by atoms with van der Waals surface area (Å²) < 4.78 is 0. The number of hydrogen-bond donors (Lipinski definition) is 0. The largest absolute Gasteiger partial charge is 0 e. The second-order valence-electron chi connectivity index (χ2n) is 0. The Morgan fingerprint density at radius 3 is 0.500 bits per heavy atom. The predicted octanol–water partition coefficient (Wildman–Crippen LogP) is -0.00750. The van der Waals surface area contributed by atoms with E-state index in [0.717, 1.165) is 0 Å². The molecule has 0 fully saturated rings. The fraction of sp³-hybridized carbons (Fsp3) is 0. The van der Waals surface area contributed by atoms with E-state index in [2.05, 4.69) is 0 Å². The average molecular weight is 341 g/mol. The van der Waals surface area contributed by atoms with Crippen LogP contribution in [0.2, 0.25) is 0 Å². The first kappa shape index (κ1) is 28.6. The molecule has 0 saturated heterocycles. The molecular weight excluding hydrogens is 341 g/mol. The molecule has 4 heteroatoms. The maximum absolute atomic E-state index is 0. The smallest absolute Gasteiger partial charge is 0 e. The van der Waals surface area contributed by atoms with Crippen molar-refractivity contribution in [3.63, 3.8) is 0 Å². The SMILES string of the molecule is [Cu].[Cu].[Cu].[Sm]. The number of rotatable bonds is 0. The standard InChI is InChI=1S/3Cu.Sm. The van der Waals surface area contributed by atoms with Crippen molar-refractivity contribution in [3.05, 3.63) is 0 Å². The topological polar surface area (TPSA) is 0 Å². The van der Waals surface area contributed by atoms with Crippen LogP contribution in [-0.4, -0.2) is 0 Å². The maximum atomic E-state index is 0. The summed E-state index contributed by atoms with van der Waals surface area (Å²) in [4.78, 5) is 0. The predicted molar refractivity (Wildman–Crippen MR) is 0 cm³/mol. The van der Waals surface area contributed by atoms with Gasteiger partial charge in [0.15, 0.2) is 0 Å². The third-order valence-electron chi connectivity index (χ3n) is 0. The van der Waals surface area contributed by atoms with E-state index in [1.807, 2.05) is 0 Å². The molecule has 0 rings (SSSR count). The van der Waals surface area contributed by atoms with Crippen molar-refractivity contribution < 1.29 is 91.6 Å². The molecule has 0 aliphatic heterocycles. The van der Waals surface area contributed by atoms with Crippen LogP contribution in [0.1, 0.15) is 0 Å². The molecule has 0 aliphatic rings. The van der Waals surface area contributed by atoms with Gasteiger partial charge in [0, 0.05) is 91.6 Å². The Morgan fingerprint density at radius 2 is 0.500 bits per heavy atom. The first-order valence-electron chi connectivity index (χ1n) is 0. The van der Waals surface area contributed by atoms with E-state index >= 15 is 0 Å². The third kappa shape index (κ3) is 8.86. The minimum absolute atomic E-state index is 0. The van der Waals surface area contributed by atoms with Gasteiger partial charge in [-0.3, -0.25) is 0 Å². The molecule has 0 aromatic heterocycles. The first-order chi connectivity index (χ1) is 0. The molecule has 0 amide bonds. The van der Waals surface area contributed by atoms with Crippen molar-refractivity contribution in [2.45, 2.75) is 0 Å². The fourth-order valence-corrected chi connectivity index (χ4v) is 0. The van der Waals surface area contributed by atoms with Crippen LogP contribution in [0.5, 0.6) is 0 Å². The van der Waals surface area contributed by atoms with Crippen LogP contribution in [0.25, 0.3) is 0 Å². The van der Waals surface area contributed by atoms with Gasteiger partial charge < -0.3 is 0 Å². The summed E-state index contributed by atoms with van der Waals surface area (Å²) in [7, 11) is 0. The van der Waals surface area contributed by atoms with Crippen molar-refractivity contribution >= 4 is 0 Å². The van der Waals surface area contributed by atoms with E-state index < -0.39 is 0 Å². The molecule has 0 bridgehead atoms. The van der Waals surface area contributed by atoms with Gasteiger partial charge in [-0.25, -0.2) is 0 Å². The molecule has 39 valence electrons. The van der Waals surface area contributed by atoms with Crippen LogP contribution in [0.4, 0.5) is 0 Å². The number of hydrogen-bond acceptors (Lipinski definition) is 0. The quantitative estimate of drug-likeness (QED) is 0.544. The Bertz CT molecular complexity index is 3.25. The Labute approximate surface area is 89.8 Å². The molecule has 0 saturated carbocycles. The molecule has 0 aliphatic carbocycles. The van der Waals surface area contributed by atoms with Crippen molar-refractivity contribution in [3.8, 4) is 0 Å². The van der Waals surface area contributed by atoms with Crippen LogP contribution >= 0.6 is 0 Å². The zero-order valence-corrected chi connectivity index (χ0v) is 6.76. The molecule has 3 radical (unpaired) electrons. The van der Waals surface area contributed by atoms with Crippen molar-refractivity contribution in [1.29, 1.82) is 0 Å². The van der Waals surface area contributed by atoms with Crippen LogP contribution in [0, 0.1) is 40.4 Å². The van der Waals surface area contributed by atoms with E-state index in [4.69, 9.17) is 0 Å². The van der Waals surface area contributed by atoms with Gasteiger partial charge in [-0.05, 0) is 0 Å². The summed E-state index contributed by atoms with van der Waals surface area (Å²) >= 11 is 0. The molecule has 0 aromatic carbocycles. The summed E-state index contributed by atoms with van der Waals surface area (Å²) in [5.41, 5.74) is 0. The molecule has 0 aromatic rings. The molecular formula is Cu3Sm. The van der Waals surface area contributed by atoms with Crippen molar-refractivity contribution in [1.82, 2.24) is 0 Å². The Kier molecular flexibility index (Phi) is 120. The van der Waals surface area contributed by atoms with E-state index in [9.17, 15) is 0 Å². The molecule has 4 heavy (non-hydrogen) atoms. The van der Waals surface area contributed by atoms with Crippen molar-refractivity contribution in [2.24, 2.45) is 0 Å². The molecule has 0 N–H and O–H groups in total. The van der Waals surface area contributed by atoms with Crippen LogP contribution in [0.15, 0.2) is 0 Å². The summed E-state index contributed by atoms with van der Waals surface area (Å²) in [6.45, 7) is 0. The average Bonchev–Trinajstić information content (AvgIpc) is 0. The van der Waals surface area contributed by atoms with Gasteiger partial charge in [0.25, 0.3) is 0 Å². The van der Waals surface area contributed by atoms with Gasteiger partial charge in [0.1, 0.15) is 0 Å². The first-order valence-corrected chi connectivity index (χ1v) is 0. The minimum Gasteiger partial charge on any atom is 0 e. The Hall–Kier alpha value is 2.90. The van der Waals surface area contributed by atoms with E-state index in [1.54, 1.807) is 0 Å².